The lowest BCUT2D eigenvalue weighted by atomic mass is 9.87. The highest BCUT2D eigenvalue weighted by atomic mass is 16.5. The molecule has 0 radical (unpaired) electrons. The second-order valence-electron chi connectivity index (χ2n) is 9.01. The molecule has 0 bridgehead atoms. The molecule has 2 rings (SSSR count). The average Bonchev–Trinajstić information content (AvgIpc) is 2.96. The summed E-state index contributed by atoms with van der Waals surface area (Å²) in [7, 11) is 1.95. The van der Waals surface area contributed by atoms with Gasteiger partial charge < -0.3 is 30.5 Å². The van der Waals surface area contributed by atoms with Gasteiger partial charge in [-0.2, -0.15) is 0 Å². The van der Waals surface area contributed by atoms with E-state index in [0.29, 0.717) is 6.54 Å². The number of rotatable bonds is 8. The Kier molecular flexibility index (Phi) is 8.46. The fourth-order valence-electron chi connectivity index (χ4n) is 3.39. The van der Waals surface area contributed by atoms with Gasteiger partial charge in [0.1, 0.15) is 12.2 Å². The van der Waals surface area contributed by atoms with Crippen molar-refractivity contribution in [1.29, 1.82) is 0 Å². The minimum atomic E-state index is -0.840. The predicted molar refractivity (Wildman–Crippen MR) is 115 cm³/mol. The van der Waals surface area contributed by atoms with E-state index in [-0.39, 0.29) is 30.2 Å². The molecule has 0 saturated carbocycles. The topological polar surface area (TPSA) is 94.1 Å². The van der Waals surface area contributed by atoms with Gasteiger partial charge in [0.25, 0.3) is 0 Å². The highest BCUT2D eigenvalue weighted by Crippen LogP contribution is 2.23. The van der Waals surface area contributed by atoms with E-state index in [4.69, 9.17) is 4.74 Å². The van der Waals surface area contributed by atoms with Crippen LogP contribution in [0.3, 0.4) is 0 Å². The Morgan fingerprint density at radius 2 is 1.93 bits per heavy atom. The smallest absolute Gasteiger partial charge is 0.319 e. The van der Waals surface area contributed by atoms with Gasteiger partial charge in [-0.3, -0.25) is 0 Å². The maximum absolute atomic E-state index is 12.3. The zero-order chi connectivity index (χ0) is 21.6. The number of amides is 2. The third-order valence-corrected chi connectivity index (χ3v) is 5.44. The van der Waals surface area contributed by atoms with E-state index < -0.39 is 12.2 Å². The molecule has 1 aromatic carbocycles. The minimum absolute atomic E-state index is 0.0475. The van der Waals surface area contributed by atoms with Crippen molar-refractivity contribution >= 4 is 11.7 Å². The molecule has 0 spiro atoms. The highest BCUT2D eigenvalue weighted by molar-refractivity contribution is 5.89. The molecule has 1 aliphatic rings. The molecule has 4 unspecified atom stereocenters. The summed E-state index contributed by atoms with van der Waals surface area (Å²) in [6.45, 7) is 9.99. The molecule has 7 nitrogen and oxygen atoms in total. The van der Waals surface area contributed by atoms with Crippen molar-refractivity contribution in [3.05, 3.63) is 29.8 Å². The normalized spacial score (nSPS) is 23.2. The van der Waals surface area contributed by atoms with Crippen LogP contribution in [-0.2, 0) is 10.2 Å². The van der Waals surface area contributed by atoms with E-state index in [1.165, 1.54) is 5.56 Å². The second kappa shape index (κ2) is 10.4. The summed E-state index contributed by atoms with van der Waals surface area (Å²) in [4.78, 5) is 14.4. The van der Waals surface area contributed by atoms with Gasteiger partial charge in [-0.1, -0.05) is 39.8 Å². The Balaban J connectivity index is 1.76. The predicted octanol–water partition coefficient (Wildman–Crippen LogP) is 2.33. The van der Waals surface area contributed by atoms with Crippen molar-refractivity contribution in [2.24, 2.45) is 0 Å². The molecule has 1 fully saturated rings. The molecular weight excluding hydrogens is 370 g/mol. The van der Waals surface area contributed by atoms with Crippen LogP contribution in [0.2, 0.25) is 0 Å². The monoisotopic (exact) mass is 407 g/mol. The molecule has 1 saturated heterocycles. The average molecular weight is 408 g/mol. The van der Waals surface area contributed by atoms with E-state index >= 15 is 0 Å². The number of aliphatic hydroxyl groups is 2. The Bertz CT molecular complexity index is 644. The SMILES string of the molecule is CCC(CCN(C)CC1OCC(O)C1O)NC(=O)Nc1ccc(C(C)(C)C)cc1. The van der Waals surface area contributed by atoms with Crippen LogP contribution in [-0.4, -0.2) is 72.2 Å². The van der Waals surface area contributed by atoms with Gasteiger partial charge in [0.15, 0.2) is 0 Å². The Labute approximate surface area is 174 Å². The molecule has 2 amide bonds. The number of carbonyl (C=O) groups excluding carboxylic acids is 1. The lowest BCUT2D eigenvalue weighted by molar-refractivity contribution is 0.00816. The Morgan fingerprint density at radius 3 is 2.45 bits per heavy atom. The standard InChI is InChI=1S/C22H37N3O4/c1-6-16(11-12-25(5)13-19-20(27)18(26)14-29-19)23-21(28)24-17-9-7-15(8-10-17)22(2,3)4/h7-10,16,18-20,26-27H,6,11-14H2,1-5H3,(H2,23,24,28). The fraction of sp³-hybridized carbons (Fsp3) is 0.682. The first-order valence-electron chi connectivity index (χ1n) is 10.4. The van der Waals surface area contributed by atoms with Crippen molar-refractivity contribution in [2.75, 3.05) is 32.1 Å². The number of nitrogens with zero attached hydrogens (tertiary/aromatic N) is 1. The summed E-state index contributed by atoms with van der Waals surface area (Å²) >= 11 is 0. The van der Waals surface area contributed by atoms with Crippen molar-refractivity contribution in [2.45, 2.75) is 70.3 Å². The van der Waals surface area contributed by atoms with Crippen molar-refractivity contribution in [3.8, 4) is 0 Å². The first kappa shape index (κ1) is 23.6. The lowest BCUT2D eigenvalue weighted by Crippen LogP contribution is -2.42. The number of nitrogens with one attached hydrogen (secondary N) is 2. The van der Waals surface area contributed by atoms with Gasteiger partial charge in [0.2, 0.25) is 0 Å². The van der Waals surface area contributed by atoms with Crippen LogP contribution in [0.25, 0.3) is 0 Å². The van der Waals surface area contributed by atoms with Crippen LogP contribution in [0, 0.1) is 0 Å². The quantitative estimate of drug-likeness (QED) is 0.531. The maximum Gasteiger partial charge on any atom is 0.319 e. The third kappa shape index (κ3) is 7.26. The van der Waals surface area contributed by atoms with Crippen LogP contribution in [0.1, 0.15) is 46.1 Å². The molecule has 1 aromatic rings. The Morgan fingerprint density at radius 1 is 1.28 bits per heavy atom. The number of anilines is 1. The van der Waals surface area contributed by atoms with Gasteiger partial charge in [-0.25, -0.2) is 4.79 Å². The number of ether oxygens (including phenoxy) is 1. The number of hydrogen-bond donors (Lipinski definition) is 4. The van der Waals surface area contributed by atoms with E-state index in [1.54, 1.807) is 0 Å². The molecule has 1 aliphatic heterocycles. The molecule has 4 N–H and O–H groups in total. The maximum atomic E-state index is 12.3. The highest BCUT2D eigenvalue weighted by Gasteiger charge is 2.35. The van der Waals surface area contributed by atoms with E-state index in [0.717, 1.165) is 25.1 Å². The molecule has 164 valence electrons. The van der Waals surface area contributed by atoms with Crippen molar-refractivity contribution in [3.63, 3.8) is 0 Å². The summed E-state index contributed by atoms with van der Waals surface area (Å²) in [5.41, 5.74) is 2.08. The van der Waals surface area contributed by atoms with Gasteiger partial charge in [-0.15, -0.1) is 0 Å². The number of benzene rings is 1. The zero-order valence-electron chi connectivity index (χ0n) is 18.3. The number of urea groups is 1. The third-order valence-electron chi connectivity index (χ3n) is 5.44. The van der Waals surface area contributed by atoms with Crippen LogP contribution in [0.15, 0.2) is 24.3 Å². The molecule has 7 heteroatoms. The minimum Gasteiger partial charge on any atom is -0.388 e. The number of hydrogen-bond acceptors (Lipinski definition) is 5. The van der Waals surface area contributed by atoms with Gasteiger partial charge >= 0.3 is 6.03 Å². The summed E-state index contributed by atoms with van der Waals surface area (Å²) in [5.74, 6) is 0. The van der Waals surface area contributed by atoms with E-state index in [1.807, 2.05) is 38.2 Å². The molecular formula is C22H37N3O4. The van der Waals surface area contributed by atoms with Crippen molar-refractivity contribution in [1.82, 2.24) is 10.2 Å². The second-order valence-corrected chi connectivity index (χ2v) is 9.01. The first-order chi connectivity index (χ1) is 13.6. The number of carbonyl (C=O) groups is 1. The van der Waals surface area contributed by atoms with Crippen LogP contribution >= 0.6 is 0 Å². The van der Waals surface area contributed by atoms with Gasteiger partial charge in [-0.05, 0) is 49.5 Å². The largest absolute Gasteiger partial charge is 0.388 e. The summed E-state index contributed by atoms with van der Waals surface area (Å²) in [5, 5.41) is 25.4. The van der Waals surface area contributed by atoms with Crippen LogP contribution in [0.4, 0.5) is 10.5 Å². The Hall–Kier alpha value is -1.67. The van der Waals surface area contributed by atoms with E-state index in [2.05, 4.69) is 36.3 Å². The van der Waals surface area contributed by atoms with E-state index in [9.17, 15) is 15.0 Å². The number of likely N-dealkylation sites (N-methyl/N-ethyl adjacent to an activating group) is 1. The van der Waals surface area contributed by atoms with Gasteiger partial charge in [0.05, 0.1) is 12.7 Å². The molecule has 4 atom stereocenters. The summed E-state index contributed by atoms with van der Waals surface area (Å²) < 4.78 is 5.42. The van der Waals surface area contributed by atoms with Crippen LogP contribution in [0.5, 0.6) is 0 Å². The molecule has 0 aromatic heterocycles. The molecule has 1 heterocycles. The fourth-order valence-corrected chi connectivity index (χ4v) is 3.39. The van der Waals surface area contributed by atoms with Crippen LogP contribution < -0.4 is 10.6 Å². The summed E-state index contributed by atoms with van der Waals surface area (Å²) in [6, 6.07) is 7.77. The number of aliphatic hydroxyl groups excluding tert-OH is 2. The molecule has 0 aliphatic carbocycles. The summed E-state index contributed by atoms with van der Waals surface area (Å²) in [6.07, 6.45) is -0.407. The van der Waals surface area contributed by atoms with Crippen molar-refractivity contribution < 1.29 is 19.7 Å². The molecule has 29 heavy (non-hydrogen) atoms. The van der Waals surface area contributed by atoms with Gasteiger partial charge in [0, 0.05) is 18.3 Å². The first-order valence-corrected chi connectivity index (χ1v) is 10.4. The zero-order valence-corrected chi connectivity index (χ0v) is 18.3. The lowest BCUT2D eigenvalue weighted by Gasteiger charge is -2.25.